The van der Waals surface area contributed by atoms with E-state index in [0.717, 1.165) is 23.8 Å². The maximum Gasteiger partial charge on any atom is 0.124 e. The van der Waals surface area contributed by atoms with Crippen LogP contribution in [0.5, 0.6) is 11.5 Å². The molecule has 2 aromatic rings. The molecular formula is C17H19NO2. The Morgan fingerprint density at radius 1 is 1.15 bits per heavy atom. The second kappa shape index (κ2) is 5.45. The highest BCUT2D eigenvalue weighted by atomic mass is 16.5. The van der Waals surface area contributed by atoms with Crippen LogP contribution >= 0.6 is 0 Å². The molecule has 2 atom stereocenters. The van der Waals surface area contributed by atoms with Crippen LogP contribution in [-0.4, -0.2) is 13.7 Å². The van der Waals surface area contributed by atoms with Crippen molar-refractivity contribution in [3.05, 3.63) is 54.1 Å². The molecule has 0 saturated heterocycles. The third-order valence-corrected chi connectivity index (χ3v) is 3.72. The lowest BCUT2D eigenvalue weighted by Crippen LogP contribution is -2.28. The van der Waals surface area contributed by atoms with E-state index in [1.807, 2.05) is 30.3 Å². The number of hydrogen-bond donors (Lipinski definition) is 1. The van der Waals surface area contributed by atoms with Crippen molar-refractivity contribution in [3.8, 4) is 11.5 Å². The standard InChI is InChI=1S/C17H19NO2/c1-12-11-20-16-9-4-3-8-15(16)17(12)18-13-6-5-7-14(10-13)19-2/h3-10,12,17-18H,11H2,1-2H3. The van der Waals surface area contributed by atoms with Gasteiger partial charge in [0.05, 0.1) is 19.8 Å². The molecule has 3 rings (SSSR count). The van der Waals surface area contributed by atoms with Crippen molar-refractivity contribution in [2.24, 2.45) is 5.92 Å². The fourth-order valence-corrected chi connectivity index (χ4v) is 2.61. The van der Waals surface area contributed by atoms with Crippen molar-refractivity contribution in [2.45, 2.75) is 13.0 Å². The average molecular weight is 269 g/mol. The van der Waals surface area contributed by atoms with Gasteiger partial charge in [0.1, 0.15) is 11.5 Å². The van der Waals surface area contributed by atoms with E-state index in [4.69, 9.17) is 9.47 Å². The Labute approximate surface area is 119 Å². The van der Waals surface area contributed by atoms with E-state index >= 15 is 0 Å². The van der Waals surface area contributed by atoms with Crippen LogP contribution in [0.2, 0.25) is 0 Å². The summed E-state index contributed by atoms with van der Waals surface area (Å²) < 4.78 is 11.1. The van der Waals surface area contributed by atoms with Crippen LogP contribution < -0.4 is 14.8 Å². The monoisotopic (exact) mass is 269 g/mol. The molecule has 3 nitrogen and oxygen atoms in total. The molecule has 2 unspecified atom stereocenters. The molecule has 0 bridgehead atoms. The van der Waals surface area contributed by atoms with Crippen molar-refractivity contribution in [1.29, 1.82) is 0 Å². The summed E-state index contributed by atoms with van der Waals surface area (Å²) >= 11 is 0. The molecule has 3 heteroatoms. The number of para-hydroxylation sites is 1. The minimum absolute atomic E-state index is 0.257. The first kappa shape index (κ1) is 12.9. The quantitative estimate of drug-likeness (QED) is 0.917. The van der Waals surface area contributed by atoms with E-state index in [1.165, 1.54) is 5.56 Å². The summed E-state index contributed by atoms with van der Waals surface area (Å²) in [5.74, 6) is 2.25. The van der Waals surface area contributed by atoms with Crippen molar-refractivity contribution in [1.82, 2.24) is 0 Å². The highest BCUT2D eigenvalue weighted by molar-refractivity contribution is 5.52. The predicted molar refractivity (Wildman–Crippen MR) is 80.5 cm³/mol. The minimum Gasteiger partial charge on any atom is -0.497 e. The van der Waals surface area contributed by atoms with Gasteiger partial charge in [0, 0.05) is 23.2 Å². The molecule has 104 valence electrons. The van der Waals surface area contributed by atoms with Gasteiger partial charge in [-0.2, -0.15) is 0 Å². The zero-order valence-corrected chi connectivity index (χ0v) is 11.8. The Hall–Kier alpha value is -2.16. The smallest absolute Gasteiger partial charge is 0.124 e. The fraction of sp³-hybridized carbons (Fsp3) is 0.294. The lowest BCUT2D eigenvalue weighted by Gasteiger charge is -2.32. The van der Waals surface area contributed by atoms with Gasteiger partial charge in [-0.05, 0) is 18.2 Å². The lowest BCUT2D eigenvalue weighted by atomic mass is 9.92. The van der Waals surface area contributed by atoms with Crippen molar-refractivity contribution < 1.29 is 9.47 Å². The van der Waals surface area contributed by atoms with Crippen LogP contribution in [0, 0.1) is 5.92 Å². The SMILES string of the molecule is COc1cccc(NC2c3ccccc3OCC2C)c1. The van der Waals surface area contributed by atoms with E-state index in [-0.39, 0.29) is 6.04 Å². The number of rotatable bonds is 3. The molecule has 0 fully saturated rings. The summed E-state index contributed by atoms with van der Waals surface area (Å²) in [6.07, 6.45) is 0. The first-order valence-corrected chi connectivity index (χ1v) is 6.90. The molecule has 1 N–H and O–H groups in total. The van der Waals surface area contributed by atoms with Gasteiger partial charge < -0.3 is 14.8 Å². The molecule has 0 radical (unpaired) electrons. The van der Waals surface area contributed by atoms with Gasteiger partial charge in [-0.1, -0.05) is 31.2 Å². The fourth-order valence-electron chi connectivity index (χ4n) is 2.61. The zero-order chi connectivity index (χ0) is 13.9. The summed E-state index contributed by atoms with van der Waals surface area (Å²) in [7, 11) is 1.69. The maximum atomic E-state index is 5.78. The van der Waals surface area contributed by atoms with Crippen molar-refractivity contribution in [3.63, 3.8) is 0 Å². The van der Waals surface area contributed by atoms with Gasteiger partial charge in [0.25, 0.3) is 0 Å². The topological polar surface area (TPSA) is 30.5 Å². The van der Waals surface area contributed by atoms with Gasteiger partial charge in [-0.15, -0.1) is 0 Å². The Morgan fingerprint density at radius 2 is 2.00 bits per heavy atom. The summed E-state index contributed by atoms with van der Waals surface area (Å²) in [5.41, 5.74) is 2.28. The van der Waals surface area contributed by atoms with Crippen LogP contribution in [0.1, 0.15) is 18.5 Å². The number of ether oxygens (including phenoxy) is 2. The van der Waals surface area contributed by atoms with Crippen molar-refractivity contribution >= 4 is 5.69 Å². The van der Waals surface area contributed by atoms with Gasteiger partial charge in [0.15, 0.2) is 0 Å². The largest absolute Gasteiger partial charge is 0.497 e. The number of fused-ring (bicyclic) bond motifs is 1. The van der Waals surface area contributed by atoms with Crippen LogP contribution in [0.3, 0.4) is 0 Å². The second-order valence-electron chi connectivity index (χ2n) is 5.18. The molecule has 1 aliphatic rings. The molecule has 0 aromatic heterocycles. The van der Waals surface area contributed by atoms with E-state index in [1.54, 1.807) is 7.11 Å². The maximum absolute atomic E-state index is 5.78. The molecule has 1 aliphatic heterocycles. The molecule has 20 heavy (non-hydrogen) atoms. The summed E-state index contributed by atoms with van der Waals surface area (Å²) in [4.78, 5) is 0. The molecule has 0 amide bonds. The van der Waals surface area contributed by atoms with Crippen LogP contribution in [-0.2, 0) is 0 Å². The Morgan fingerprint density at radius 3 is 2.85 bits per heavy atom. The first-order chi connectivity index (χ1) is 9.78. The second-order valence-corrected chi connectivity index (χ2v) is 5.18. The number of methoxy groups -OCH3 is 1. The van der Waals surface area contributed by atoms with Gasteiger partial charge in [-0.3, -0.25) is 0 Å². The number of hydrogen-bond acceptors (Lipinski definition) is 3. The summed E-state index contributed by atoms with van der Waals surface area (Å²) in [6.45, 7) is 2.94. The highest BCUT2D eigenvalue weighted by Crippen LogP contribution is 2.37. The highest BCUT2D eigenvalue weighted by Gasteiger charge is 2.27. The van der Waals surface area contributed by atoms with Crippen LogP contribution in [0.25, 0.3) is 0 Å². The summed E-state index contributed by atoms with van der Waals surface area (Å²) in [6, 6.07) is 16.5. The Bertz CT molecular complexity index is 597. The first-order valence-electron chi connectivity index (χ1n) is 6.90. The average Bonchev–Trinajstić information content (AvgIpc) is 2.50. The zero-order valence-electron chi connectivity index (χ0n) is 11.8. The molecule has 2 aromatic carbocycles. The van der Waals surface area contributed by atoms with Crippen LogP contribution in [0.4, 0.5) is 5.69 Å². The third kappa shape index (κ3) is 2.44. The molecule has 1 heterocycles. The van der Waals surface area contributed by atoms with Crippen LogP contribution in [0.15, 0.2) is 48.5 Å². The van der Waals surface area contributed by atoms with Gasteiger partial charge in [0.2, 0.25) is 0 Å². The van der Waals surface area contributed by atoms with Gasteiger partial charge >= 0.3 is 0 Å². The lowest BCUT2D eigenvalue weighted by molar-refractivity contribution is 0.214. The number of anilines is 1. The molecule has 0 aliphatic carbocycles. The number of benzene rings is 2. The molecule has 0 saturated carbocycles. The van der Waals surface area contributed by atoms with E-state index in [2.05, 4.69) is 30.4 Å². The molecular weight excluding hydrogens is 250 g/mol. The minimum atomic E-state index is 0.257. The molecule has 0 spiro atoms. The predicted octanol–water partition coefficient (Wildman–Crippen LogP) is 3.88. The summed E-state index contributed by atoms with van der Waals surface area (Å²) in [5, 5.41) is 3.60. The number of nitrogens with one attached hydrogen (secondary N) is 1. The van der Waals surface area contributed by atoms with Gasteiger partial charge in [-0.25, -0.2) is 0 Å². The normalized spacial score (nSPS) is 20.7. The van der Waals surface area contributed by atoms with Crippen molar-refractivity contribution in [2.75, 3.05) is 19.0 Å². The Kier molecular flexibility index (Phi) is 3.50. The van der Waals surface area contributed by atoms with E-state index in [0.29, 0.717) is 5.92 Å². The van der Waals surface area contributed by atoms with E-state index < -0.39 is 0 Å². The van der Waals surface area contributed by atoms with E-state index in [9.17, 15) is 0 Å². The Balaban J connectivity index is 1.89. The third-order valence-electron chi connectivity index (χ3n) is 3.72.